The second kappa shape index (κ2) is 16.4. The van der Waals surface area contributed by atoms with E-state index in [1.807, 2.05) is 205 Å². The second-order valence-corrected chi connectivity index (χ2v) is 14.8. The van der Waals surface area contributed by atoms with E-state index in [1.165, 1.54) is 10.8 Å². The highest BCUT2D eigenvalue weighted by molar-refractivity contribution is 14.1. The summed E-state index contributed by atoms with van der Waals surface area (Å²) in [7, 11) is 0. The fourth-order valence-corrected chi connectivity index (χ4v) is 8.22. The summed E-state index contributed by atoms with van der Waals surface area (Å²) in [6.45, 7) is -0.0689. The molecule has 6 aromatic carbocycles. The van der Waals surface area contributed by atoms with Crippen LogP contribution in [-0.4, -0.2) is 39.6 Å². The average Bonchev–Trinajstić information content (AvgIpc) is 3.56. The highest BCUT2D eigenvalue weighted by Gasteiger charge is 2.52. The van der Waals surface area contributed by atoms with Crippen molar-refractivity contribution < 1.29 is 19.3 Å². The van der Waals surface area contributed by atoms with Crippen LogP contribution in [0.15, 0.2) is 198 Å². The second-order valence-electron chi connectivity index (χ2n) is 13.7. The Morgan fingerprint density at radius 3 is 1.32 bits per heavy atom. The van der Waals surface area contributed by atoms with Crippen molar-refractivity contribution >= 4 is 22.6 Å². The normalized spacial score (nSPS) is 18.5. The summed E-state index contributed by atoms with van der Waals surface area (Å²) in [5.41, 5.74) is 1.57. The van der Waals surface area contributed by atoms with Gasteiger partial charge in [0, 0.05) is 6.20 Å². The maximum absolute atomic E-state index is 13.4. The van der Waals surface area contributed by atoms with E-state index < -0.39 is 47.0 Å². The standard InChI is InChI=1S/C47H39IN2O6/c48-39-31-50(45(53)49-43(39)52)44-41(51)42(56-47(36-25-13-4-14-26-36,37-27-15-5-16-28-37)38-29-17-6-18-30-38)40(55-44)32-54-46(33-19-7-1-8-20-33,34-21-9-2-10-22-34)35-23-11-3-12-24-35/h1-31,40-42,44,51H,32H2,(H,49,52,53)/t40-,41-,42-,44-/m1/s1. The molecule has 8 nitrogen and oxygen atoms in total. The molecule has 1 aromatic heterocycles. The van der Waals surface area contributed by atoms with Crippen LogP contribution in [0, 0.1) is 3.57 Å². The summed E-state index contributed by atoms with van der Waals surface area (Å²) in [5, 5.41) is 12.5. The Balaban J connectivity index is 1.30. The van der Waals surface area contributed by atoms with Crippen molar-refractivity contribution in [2.24, 2.45) is 0 Å². The Hall–Kier alpha value is -5.43. The quantitative estimate of drug-likeness (QED) is 0.0962. The van der Waals surface area contributed by atoms with E-state index in [1.54, 1.807) is 0 Å². The zero-order valence-electron chi connectivity index (χ0n) is 30.2. The van der Waals surface area contributed by atoms with Gasteiger partial charge in [-0.05, 0) is 56.0 Å². The molecule has 0 spiro atoms. The molecule has 1 fully saturated rings. The number of aromatic nitrogens is 2. The Morgan fingerprint density at radius 2 is 0.946 bits per heavy atom. The lowest BCUT2D eigenvalue weighted by Gasteiger charge is -2.41. The van der Waals surface area contributed by atoms with Gasteiger partial charge in [-0.3, -0.25) is 14.3 Å². The van der Waals surface area contributed by atoms with Crippen molar-refractivity contribution in [3.63, 3.8) is 0 Å². The Kier molecular flexibility index (Phi) is 10.9. The van der Waals surface area contributed by atoms with Gasteiger partial charge >= 0.3 is 5.69 Å². The summed E-state index contributed by atoms with van der Waals surface area (Å²) >= 11 is 1.87. The zero-order valence-corrected chi connectivity index (χ0v) is 32.4. The monoisotopic (exact) mass is 854 g/mol. The van der Waals surface area contributed by atoms with Gasteiger partial charge < -0.3 is 19.3 Å². The third kappa shape index (κ3) is 6.97. The molecule has 4 atom stereocenters. The lowest BCUT2D eigenvalue weighted by atomic mass is 9.79. The van der Waals surface area contributed by atoms with Crippen molar-refractivity contribution in [3.8, 4) is 0 Å². The van der Waals surface area contributed by atoms with E-state index in [9.17, 15) is 14.7 Å². The Morgan fingerprint density at radius 1 is 0.589 bits per heavy atom. The molecule has 2 heterocycles. The molecule has 7 aromatic rings. The number of H-pyrrole nitrogens is 1. The van der Waals surface area contributed by atoms with Crippen molar-refractivity contribution in [2.75, 3.05) is 6.61 Å². The molecule has 1 aliphatic rings. The minimum atomic E-state index is -1.39. The van der Waals surface area contributed by atoms with Gasteiger partial charge in [-0.25, -0.2) is 4.79 Å². The van der Waals surface area contributed by atoms with Crippen LogP contribution in [0.1, 0.15) is 39.6 Å². The van der Waals surface area contributed by atoms with Crippen LogP contribution in [0.4, 0.5) is 0 Å². The predicted octanol–water partition coefficient (Wildman–Crippen LogP) is 7.79. The molecule has 0 radical (unpaired) electrons. The third-order valence-electron chi connectivity index (χ3n) is 10.4. The van der Waals surface area contributed by atoms with Crippen LogP contribution in [0.25, 0.3) is 0 Å². The van der Waals surface area contributed by atoms with Gasteiger partial charge in [0.25, 0.3) is 5.56 Å². The zero-order chi connectivity index (χ0) is 38.5. The Labute approximate surface area is 338 Å². The lowest BCUT2D eigenvalue weighted by molar-refractivity contribution is -0.131. The molecule has 1 saturated heterocycles. The number of hydrogen-bond donors (Lipinski definition) is 2. The van der Waals surface area contributed by atoms with Crippen molar-refractivity contribution in [2.45, 2.75) is 35.7 Å². The number of ether oxygens (including phenoxy) is 3. The van der Waals surface area contributed by atoms with Gasteiger partial charge in [0.05, 0.1) is 10.2 Å². The number of halogens is 1. The molecular weight excluding hydrogens is 815 g/mol. The van der Waals surface area contributed by atoms with Crippen LogP contribution in [0.5, 0.6) is 0 Å². The fraction of sp³-hybridized carbons (Fsp3) is 0.149. The van der Waals surface area contributed by atoms with E-state index in [2.05, 4.69) is 4.98 Å². The minimum absolute atomic E-state index is 0.0689. The number of aliphatic hydroxyl groups excluding tert-OH is 1. The first-order valence-corrected chi connectivity index (χ1v) is 19.5. The van der Waals surface area contributed by atoms with Gasteiger partial charge in [-0.1, -0.05) is 182 Å². The van der Waals surface area contributed by atoms with Crippen LogP contribution in [0.3, 0.4) is 0 Å². The summed E-state index contributed by atoms with van der Waals surface area (Å²) < 4.78 is 23.0. The van der Waals surface area contributed by atoms with E-state index >= 15 is 0 Å². The van der Waals surface area contributed by atoms with E-state index in [4.69, 9.17) is 14.2 Å². The number of benzene rings is 6. The number of nitrogens with one attached hydrogen (secondary N) is 1. The average molecular weight is 855 g/mol. The van der Waals surface area contributed by atoms with Crippen LogP contribution < -0.4 is 11.2 Å². The molecule has 0 bridgehead atoms. The molecule has 0 unspecified atom stereocenters. The highest BCUT2D eigenvalue weighted by atomic mass is 127. The number of rotatable bonds is 12. The molecule has 0 saturated carbocycles. The van der Waals surface area contributed by atoms with Gasteiger partial charge in [-0.15, -0.1) is 0 Å². The largest absolute Gasteiger partial charge is 0.386 e. The molecule has 2 N–H and O–H groups in total. The topological polar surface area (TPSA) is 103 Å². The smallest absolute Gasteiger partial charge is 0.330 e. The van der Waals surface area contributed by atoms with Crippen molar-refractivity contribution in [1.82, 2.24) is 9.55 Å². The molecular formula is C47H39IN2O6. The molecule has 8 rings (SSSR count). The molecule has 56 heavy (non-hydrogen) atoms. The molecule has 0 aliphatic carbocycles. The first kappa shape index (κ1) is 37.5. The number of nitrogens with zero attached hydrogens (tertiary/aromatic N) is 1. The van der Waals surface area contributed by atoms with Crippen LogP contribution in [0.2, 0.25) is 0 Å². The molecule has 9 heteroatoms. The predicted molar refractivity (Wildman–Crippen MR) is 223 cm³/mol. The number of aliphatic hydroxyl groups is 1. The highest BCUT2D eigenvalue weighted by Crippen LogP contribution is 2.46. The lowest BCUT2D eigenvalue weighted by Crippen LogP contribution is -2.47. The van der Waals surface area contributed by atoms with Gasteiger partial charge in [-0.2, -0.15) is 0 Å². The summed E-state index contributed by atoms with van der Waals surface area (Å²) in [5.74, 6) is 0. The fourth-order valence-electron chi connectivity index (χ4n) is 7.78. The third-order valence-corrected chi connectivity index (χ3v) is 11.1. The maximum atomic E-state index is 13.4. The van der Waals surface area contributed by atoms with Crippen molar-refractivity contribution in [3.05, 3.63) is 246 Å². The van der Waals surface area contributed by atoms with E-state index in [-0.39, 0.29) is 10.2 Å². The maximum Gasteiger partial charge on any atom is 0.330 e. The first-order chi connectivity index (χ1) is 27.4. The SMILES string of the molecule is O=c1[nH]c(=O)n([C@@H]2O[C@H](COC(c3ccccc3)(c3ccccc3)c3ccccc3)[C@@H](OC(c3ccccc3)(c3ccccc3)c3ccccc3)[C@H]2O)cc1I. The molecule has 0 amide bonds. The summed E-state index contributed by atoms with van der Waals surface area (Å²) in [6.07, 6.45) is -3.23. The summed E-state index contributed by atoms with van der Waals surface area (Å²) in [6, 6.07) is 59.6. The first-order valence-electron chi connectivity index (χ1n) is 18.4. The van der Waals surface area contributed by atoms with Gasteiger partial charge in [0.2, 0.25) is 0 Å². The summed E-state index contributed by atoms with van der Waals surface area (Å²) in [4.78, 5) is 28.2. The van der Waals surface area contributed by atoms with E-state index in [0.29, 0.717) is 0 Å². The van der Waals surface area contributed by atoms with E-state index in [0.717, 1.165) is 33.4 Å². The Bertz CT molecular complexity index is 2270. The van der Waals surface area contributed by atoms with Gasteiger partial charge in [0.15, 0.2) is 6.23 Å². The minimum Gasteiger partial charge on any atom is -0.386 e. The molecule has 1 aliphatic heterocycles. The van der Waals surface area contributed by atoms with Gasteiger partial charge in [0.1, 0.15) is 29.5 Å². The van der Waals surface area contributed by atoms with Crippen molar-refractivity contribution in [1.29, 1.82) is 0 Å². The van der Waals surface area contributed by atoms with Crippen LogP contribution >= 0.6 is 22.6 Å². The number of hydrogen-bond acceptors (Lipinski definition) is 6. The number of aromatic amines is 1. The van der Waals surface area contributed by atoms with Crippen LogP contribution in [-0.2, 0) is 25.4 Å². The molecule has 280 valence electrons.